The molecule has 26 heavy (non-hydrogen) atoms. The molecule has 2 aromatic heterocycles. The Bertz CT molecular complexity index is 849. The van der Waals surface area contributed by atoms with Gasteiger partial charge in [-0.1, -0.05) is 0 Å². The summed E-state index contributed by atoms with van der Waals surface area (Å²) in [6.45, 7) is 4.27. The highest BCUT2D eigenvalue weighted by molar-refractivity contribution is 7.10. The lowest BCUT2D eigenvalue weighted by Crippen LogP contribution is -2.44. The van der Waals surface area contributed by atoms with Gasteiger partial charge in [-0.25, -0.2) is 0 Å². The molecule has 0 unspecified atom stereocenters. The van der Waals surface area contributed by atoms with Crippen LogP contribution in [0.3, 0.4) is 0 Å². The first kappa shape index (κ1) is 17.5. The summed E-state index contributed by atoms with van der Waals surface area (Å²) in [4.78, 5) is 30.5. The Morgan fingerprint density at radius 3 is 2.81 bits per heavy atom. The Labute approximate surface area is 157 Å². The van der Waals surface area contributed by atoms with Gasteiger partial charge < -0.3 is 9.47 Å². The van der Waals surface area contributed by atoms with E-state index in [9.17, 15) is 9.59 Å². The van der Waals surface area contributed by atoms with Gasteiger partial charge in [0.15, 0.2) is 0 Å². The summed E-state index contributed by atoms with van der Waals surface area (Å²) in [7, 11) is 1.77. The zero-order chi connectivity index (χ0) is 18.1. The van der Waals surface area contributed by atoms with Crippen LogP contribution in [-0.2, 0) is 31.4 Å². The first-order valence-electron chi connectivity index (χ1n) is 9.32. The van der Waals surface area contributed by atoms with Gasteiger partial charge in [-0.2, -0.15) is 0 Å². The minimum Gasteiger partial charge on any atom is -0.338 e. The van der Waals surface area contributed by atoms with E-state index < -0.39 is 0 Å². The highest BCUT2D eigenvalue weighted by Gasteiger charge is 2.30. The molecule has 1 saturated heterocycles. The number of amides is 1. The van der Waals surface area contributed by atoms with Crippen LogP contribution >= 0.6 is 11.3 Å². The Morgan fingerprint density at radius 1 is 1.23 bits per heavy atom. The summed E-state index contributed by atoms with van der Waals surface area (Å²) in [6.07, 6.45) is 4.65. The largest absolute Gasteiger partial charge is 0.338 e. The summed E-state index contributed by atoms with van der Waals surface area (Å²) in [5.74, 6) is 0.477. The molecule has 0 aromatic carbocycles. The van der Waals surface area contributed by atoms with Crippen LogP contribution in [0.1, 0.15) is 28.8 Å². The van der Waals surface area contributed by atoms with Gasteiger partial charge in [0.05, 0.1) is 0 Å². The average Bonchev–Trinajstić information content (AvgIpc) is 3.12. The molecule has 6 heteroatoms. The van der Waals surface area contributed by atoms with Gasteiger partial charge in [-0.3, -0.25) is 14.5 Å². The third-order valence-corrected chi connectivity index (χ3v) is 6.65. The number of fused-ring (bicyclic) bond motifs is 1. The second-order valence-corrected chi connectivity index (χ2v) is 8.41. The van der Waals surface area contributed by atoms with Crippen LogP contribution in [0.5, 0.6) is 0 Å². The van der Waals surface area contributed by atoms with Crippen LogP contribution in [0.15, 0.2) is 34.6 Å². The minimum atomic E-state index is 0.0328. The molecule has 2 aliphatic rings. The summed E-state index contributed by atoms with van der Waals surface area (Å²) in [5, 5.41) is 2.13. The maximum atomic E-state index is 12.9. The molecule has 1 fully saturated rings. The van der Waals surface area contributed by atoms with E-state index in [1.807, 2.05) is 23.6 Å². The first-order chi connectivity index (χ1) is 12.6. The van der Waals surface area contributed by atoms with Crippen molar-refractivity contribution in [3.8, 4) is 0 Å². The van der Waals surface area contributed by atoms with E-state index in [4.69, 9.17) is 0 Å². The number of aryl methyl sites for hydroxylation is 1. The molecule has 0 aliphatic carbocycles. The summed E-state index contributed by atoms with van der Waals surface area (Å²) in [5.41, 5.74) is 2.42. The van der Waals surface area contributed by atoms with E-state index in [2.05, 4.69) is 21.2 Å². The van der Waals surface area contributed by atoms with E-state index in [1.54, 1.807) is 17.7 Å². The Balaban J connectivity index is 1.31. The highest BCUT2D eigenvalue weighted by Crippen LogP contribution is 2.27. The van der Waals surface area contributed by atoms with E-state index >= 15 is 0 Å². The number of aromatic nitrogens is 1. The fraction of sp³-hybridized carbons (Fsp3) is 0.500. The molecule has 0 saturated carbocycles. The molecule has 2 aliphatic heterocycles. The third-order valence-electron chi connectivity index (χ3n) is 5.63. The predicted octanol–water partition coefficient (Wildman–Crippen LogP) is 2.24. The Hall–Kier alpha value is -1.92. The number of nitrogens with zero attached hydrogens (tertiary/aromatic N) is 3. The maximum Gasteiger partial charge on any atom is 0.250 e. The van der Waals surface area contributed by atoms with Gasteiger partial charge in [0.2, 0.25) is 5.91 Å². The van der Waals surface area contributed by atoms with Crippen molar-refractivity contribution in [2.24, 2.45) is 13.0 Å². The number of carbonyl (C=O) groups is 1. The number of thiophene rings is 1. The number of hydrogen-bond acceptors (Lipinski definition) is 4. The number of pyridine rings is 1. The fourth-order valence-electron chi connectivity index (χ4n) is 3.98. The van der Waals surface area contributed by atoms with Crippen LogP contribution in [0.4, 0.5) is 0 Å². The molecule has 138 valence electrons. The summed E-state index contributed by atoms with van der Waals surface area (Å²) >= 11 is 1.81. The van der Waals surface area contributed by atoms with Crippen molar-refractivity contribution in [2.45, 2.75) is 32.4 Å². The predicted molar refractivity (Wildman–Crippen MR) is 103 cm³/mol. The SMILES string of the molecule is Cn1ccc(CN2CCC(C(=O)N3CCc4sccc4C3)CC2)cc1=O. The van der Waals surface area contributed by atoms with Crippen LogP contribution in [-0.4, -0.2) is 39.9 Å². The molecule has 0 bridgehead atoms. The van der Waals surface area contributed by atoms with Gasteiger partial charge in [-0.15, -0.1) is 11.3 Å². The topological polar surface area (TPSA) is 45.6 Å². The molecule has 0 radical (unpaired) electrons. The number of carbonyl (C=O) groups excluding carboxylic acids is 1. The Kier molecular flexibility index (Phi) is 4.96. The molecule has 4 heterocycles. The second kappa shape index (κ2) is 7.37. The molecule has 0 N–H and O–H groups in total. The van der Waals surface area contributed by atoms with Gasteiger partial charge in [0, 0.05) is 49.7 Å². The van der Waals surface area contributed by atoms with Crippen molar-refractivity contribution < 1.29 is 4.79 Å². The second-order valence-electron chi connectivity index (χ2n) is 7.41. The normalized spacial score (nSPS) is 18.7. The van der Waals surface area contributed by atoms with Gasteiger partial charge in [-0.05, 0) is 61.0 Å². The lowest BCUT2D eigenvalue weighted by molar-refractivity contribution is -0.138. The lowest BCUT2D eigenvalue weighted by atomic mass is 9.94. The number of rotatable bonds is 3. The Morgan fingerprint density at radius 2 is 2.04 bits per heavy atom. The van der Waals surface area contributed by atoms with Gasteiger partial charge in [0.1, 0.15) is 0 Å². The molecular weight excluding hydrogens is 346 g/mol. The monoisotopic (exact) mass is 371 g/mol. The highest BCUT2D eigenvalue weighted by atomic mass is 32.1. The zero-order valence-corrected chi connectivity index (χ0v) is 16.0. The number of hydrogen-bond donors (Lipinski definition) is 0. The molecule has 1 amide bonds. The van der Waals surface area contributed by atoms with Crippen LogP contribution < -0.4 is 5.56 Å². The maximum absolute atomic E-state index is 12.9. The lowest BCUT2D eigenvalue weighted by Gasteiger charge is -2.35. The average molecular weight is 372 g/mol. The van der Waals surface area contributed by atoms with E-state index in [0.717, 1.165) is 57.5 Å². The number of piperidine rings is 1. The molecule has 5 nitrogen and oxygen atoms in total. The smallest absolute Gasteiger partial charge is 0.250 e. The van der Waals surface area contributed by atoms with Crippen LogP contribution in [0, 0.1) is 5.92 Å². The minimum absolute atomic E-state index is 0.0328. The first-order valence-corrected chi connectivity index (χ1v) is 10.2. The standard InChI is InChI=1S/C20H25N3O2S/c1-21-7-2-15(12-19(21)24)13-22-8-3-16(4-9-22)20(25)23-10-5-18-17(14-23)6-11-26-18/h2,6-7,11-12,16H,3-5,8-10,13-14H2,1H3. The zero-order valence-electron chi connectivity index (χ0n) is 15.2. The van der Waals surface area contributed by atoms with E-state index in [-0.39, 0.29) is 11.5 Å². The van der Waals surface area contributed by atoms with E-state index in [1.165, 1.54) is 10.4 Å². The molecule has 0 atom stereocenters. The van der Waals surface area contributed by atoms with E-state index in [0.29, 0.717) is 5.91 Å². The molecular formula is C20H25N3O2S. The van der Waals surface area contributed by atoms with Crippen molar-refractivity contribution in [1.29, 1.82) is 0 Å². The quantitative estimate of drug-likeness (QED) is 0.831. The van der Waals surface area contributed by atoms with Crippen LogP contribution in [0.2, 0.25) is 0 Å². The molecule has 2 aromatic rings. The molecule has 4 rings (SSSR count). The third kappa shape index (κ3) is 3.62. The van der Waals surface area contributed by atoms with Gasteiger partial charge in [0.25, 0.3) is 5.56 Å². The van der Waals surface area contributed by atoms with Crippen molar-refractivity contribution in [3.05, 3.63) is 56.1 Å². The fourth-order valence-corrected chi connectivity index (χ4v) is 4.87. The molecule has 0 spiro atoms. The van der Waals surface area contributed by atoms with Crippen molar-refractivity contribution in [2.75, 3.05) is 19.6 Å². The van der Waals surface area contributed by atoms with Crippen molar-refractivity contribution in [3.63, 3.8) is 0 Å². The van der Waals surface area contributed by atoms with Crippen molar-refractivity contribution >= 4 is 17.2 Å². The summed E-state index contributed by atoms with van der Waals surface area (Å²) < 4.78 is 1.59. The summed E-state index contributed by atoms with van der Waals surface area (Å²) in [6, 6.07) is 5.88. The van der Waals surface area contributed by atoms with Gasteiger partial charge >= 0.3 is 0 Å². The van der Waals surface area contributed by atoms with Crippen molar-refractivity contribution in [1.82, 2.24) is 14.4 Å². The van der Waals surface area contributed by atoms with Crippen LogP contribution in [0.25, 0.3) is 0 Å². The number of likely N-dealkylation sites (tertiary alicyclic amines) is 1.